The Labute approximate surface area is 185 Å². The van der Waals surface area contributed by atoms with Gasteiger partial charge in [0, 0.05) is 24.0 Å². The van der Waals surface area contributed by atoms with E-state index in [0.717, 1.165) is 33.2 Å². The van der Waals surface area contributed by atoms with Gasteiger partial charge in [0.15, 0.2) is 0 Å². The van der Waals surface area contributed by atoms with Crippen molar-refractivity contribution in [3.63, 3.8) is 0 Å². The van der Waals surface area contributed by atoms with Crippen molar-refractivity contribution in [1.82, 2.24) is 10.6 Å². The Morgan fingerprint density at radius 2 is 1.84 bits per heavy atom. The smallest absolute Gasteiger partial charge is 0.261 e. The highest BCUT2D eigenvalue weighted by Gasteiger charge is 2.18. The molecule has 0 spiro atoms. The molecule has 0 fully saturated rings. The summed E-state index contributed by atoms with van der Waals surface area (Å²) in [4.78, 5) is 26.6. The number of amides is 2. The Bertz CT molecular complexity index is 1080. The lowest BCUT2D eigenvalue weighted by Gasteiger charge is -2.10. The van der Waals surface area contributed by atoms with Gasteiger partial charge in [-0.1, -0.05) is 37.3 Å². The van der Waals surface area contributed by atoms with Crippen molar-refractivity contribution >= 4 is 33.9 Å². The molecule has 0 aliphatic heterocycles. The molecule has 2 amide bonds. The molecule has 3 aromatic rings. The zero-order valence-corrected chi connectivity index (χ0v) is 18.6. The maximum Gasteiger partial charge on any atom is 0.261 e. The lowest BCUT2D eigenvalue weighted by atomic mass is 9.97. The fourth-order valence-electron chi connectivity index (χ4n) is 3.59. The topological polar surface area (TPSA) is 98.7 Å². The predicted octanol–water partition coefficient (Wildman–Crippen LogP) is 3.35. The van der Waals surface area contributed by atoms with E-state index in [1.807, 2.05) is 42.5 Å². The number of hydrogen-bond acceptors (Lipinski definition) is 5. The van der Waals surface area contributed by atoms with Crippen molar-refractivity contribution < 1.29 is 19.8 Å². The number of hydrogen-bond donors (Lipinski definition) is 4. The van der Waals surface area contributed by atoms with Crippen molar-refractivity contribution in [2.24, 2.45) is 0 Å². The van der Waals surface area contributed by atoms with Crippen LogP contribution in [-0.4, -0.2) is 48.3 Å². The molecule has 164 valence electrons. The Kier molecular flexibility index (Phi) is 7.79. The number of nitrogens with one attached hydrogen (secondary N) is 2. The number of carbonyl (C=O) groups is 2. The summed E-state index contributed by atoms with van der Waals surface area (Å²) in [5, 5.41) is 25.7. The zero-order valence-electron chi connectivity index (χ0n) is 17.8. The van der Waals surface area contributed by atoms with Gasteiger partial charge in [-0.15, -0.1) is 11.3 Å². The molecule has 31 heavy (non-hydrogen) atoms. The standard InChI is InChI=1S/C24H28N2O4S/c1-3-15-13-21(24(30)26-12-6-7-16(28)14-27)31-22(15)19-10-4-9-18-17(19)8-5-11-20(18)23(29)25-2/h4-5,8-11,13,16,27-28H,3,6-7,12,14H2,1-2H3,(H,25,29)(H,26,30). The zero-order chi connectivity index (χ0) is 22.4. The number of benzene rings is 2. The predicted molar refractivity (Wildman–Crippen MR) is 125 cm³/mol. The first kappa shape index (κ1) is 22.9. The number of thiophene rings is 1. The molecular weight excluding hydrogens is 412 g/mol. The van der Waals surface area contributed by atoms with Crippen molar-refractivity contribution in [3.8, 4) is 10.4 Å². The number of aliphatic hydroxyl groups excluding tert-OH is 2. The van der Waals surface area contributed by atoms with Crippen LogP contribution < -0.4 is 10.6 Å². The quantitative estimate of drug-likeness (QED) is 0.384. The molecule has 7 heteroatoms. The van der Waals surface area contributed by atoms with E-state index in [9.17, 15) is 14.7 Å². The van der Waals surface area contributed by atoms with Crippen LogP contribution in [0.15, 0.2) is 42.5 Å². The van der Waals surface area contributed by atoms with Gasteiger partial charge >= 0.3 is 0 Å². The number of rotatable bonds is 9. The Morgan fingerprint density at radius 1 is 1.10 bits per heavy atom. The molecule has 1 atom stereocenters. The normalized spacial score (nSPS) is 12.0. The highest BCUT2D eigenvalue weighted by Crippen LogP contribution is 2.38. The monoisotopic (exact) mass is 440 g/mol. The molecule has 0 aliphatic rings. The van der Waals surface area contributed by atoms with Gasteiger partial charge in [-0.25, -0.2) is 0 Å². The average Bonchev–Trinajstić information content (AvgIpc) is 3.24. The van der Waals surface area contributed by atoms with Crippen LogP contribution >= 0.6 is 11.3 Å². The SMILES string of the molecule is CCc1cc(C(=O)NCCCC(O)CO)sc1-c1cccc2c(C(=O)NC)cccc12. The van der Waals surface area contributed by atoms with Gasteiger partial charge in [-0.05, 0) is 53.3 Å². The number of aryl methyl sites for hydroxylation is 1. The summed E-state index contributed by atoms with van der Waals surface area (Å²) >= 11 is 1.45. The summed E-state index contributed by atoms with van der Waals surface area (Å²) in [6, 6.07) is 13.5. The molecule has 3 rings (SSSR count). The van der Waals surface area contributed by atoms with Crippen molar-refractivity contribution in [1.29, 1.82) is 0 Å². The fraction of sp³-hybridized carbons (Fsp3) is 0.333. The molecule has 0 bridgehead atoms. The molecule has 2 aromatic carbocycles. The van der Waals surface area contributed by atoms with E-state index in [4.69, 9.17) is 5.11 Å². The van der Waals surface area contributed by atoms with E-state index < -0.39 is 6.10 Å². The van der Waals surface area contributed by atoms with Crippen LogP contribution in [0.5, 0.6) is 0 Å². The van der Waals surface area contributed by atoms with Crippen LogP contribution in [0, 0.1) is 0 Å². The summed E-state index contributed by atoms with van der Waals surface area (Å²) < 4.78 is 0. The minimum absolute atomic E-state index is 0.129. The van der Waals surface area contributed by atoms with Crippen molar-refractivity contribution in [3.05, 3.63) is 58.5 Å². The van der Waals surface area contributed by atoms with Crippen molar-refractivity contribution in [2.75, 3.05) is 20.2 Å². The number of aliphatic hydroxyl groups is 2. The van der Waals surface area contributed by atoms with E-state index >= 15 is 0 Å². The number of carbonyl (C=O) groups excluding carboxylic acids is 2. The van der Waals surface area contributed by atoms with Gasteiger partial charge < -0.3 is 20.8 Å². The van der Waals surface area contributed by atoms with E-state index in [-0.39, 0.29) is 18.4 Å². The molecule has 0 saturated carbocycles. The minimum atomic E-state index is -0.747. The Hall–Kier alpha value is -2.74. The summed E-state index contributed by atoms with van der Waals surface area (Å²) in [5.74, 6) is -0.272. The summed E-state index contributed by atoms with van der Waals surface area (Å²) in [7, 11) is 1.62. The highest BCUT2D eigenvalue weighted by molar-refractivity contribution is 7.17. The molecule has 4 N–H and O–H groups in total. The first-order valence-corrected chi connectivity index (χ1v) is 11.3. The van der Waals surface area contributed by atoms with Gasteiger partial charge in [0.1, 0.15) is 0 Å². The van der Waals surface area contributed by atoms with Crippen molar-refractivity contribution in [2.45, 2.75) is 32.3 Å². The third-order valence-electron chi connectivity index (χ3n) is 5.26. The molecule has 0 aliphatic carbocycles. The Balaban J connectivity index is 1.90. The van der Waals surface area contributed by atoms with Gasteiger partial charge in [0.05, 0.1) is 17.6 Å². The van der Waals surface area contributed by atoms with Crippen LogP contribution in [0.1, 0.15) is 45.4 Å². The van der Waals surface area contributed by atoms with Gasteiger partial charge in [-0.2, -0.15) is 0 Å². The molecule has 0 radical (unpaired) electrons. The average molecular weight is 441 g/mol. The third kappa shape index (κ3) is 5.12. The summed E-state index contributed by atoms with van der Waals surface area (Å²) in [6.07, 6.45) is 1.07. The van der Waals surface area contributed by atoms with Gasteiger partial charge in [-0.3, -0.25) is 9.59 Å². The Morgan fingerprint density at radius 3 is 2.55 bits per heavy atom. The fourth-order valence-corrected chi connectivity index (χ4v) is 4.80. The molecule has 1 unspecified atom stereocenters. The van der Waals surface area contributed by atoms with Gasteiger partial charge in [0.2, 0.25) is 0 Å². The second-order valence-electron chi connectivity index (χ2n) is 7.34. The first-order valence-electron chi connectivity index (χ1n) is 10.4. The summed E-state index contributed by atoms with van der Waals surface area (Å²) in [6.45, 7) is 2.23. The second kappa shape index (κ2) is 10.5. The molecular formula is C24H28N2O4S. The maximum absolute atomic E-state index is 12.7. The third-order valence-corrected chi connectivity index (χ3v) is 6.47. The van der Waals surface area contributed by atoms with Crippen LogP contribution in [0.25, 0.3) is 21.2 Å². The molecule has 1 aromatic heterocycles. The summed E-state index contributed by atoms with van der Waals surface area (Å²) in [5.41, 5.74) is 2.72. The largest absolute Gasteiger partial charge is 0.394 e. The van der Waals surface area contributed by atoms with Crippen LogP contribution in [0.4, 0.5) is 0 Å². The number of fused-ring (bicyclic) bond motifs is 1. The lowest BCUT2D eigenvalue weighted by molar-refractivity contribution is 0.0849. The highest BCUT2D eigenvalue weighted by atomic mass is 32.1. The van der Waals surface area contributed by atoms with E-state index in [1.54, 1.807) is 7.05 Å². The molecule has 1 heterocycles. The molecule has 6 nitrogen and oxygen atoms in total. The van der Waals surface area contributed by atoms with E-state index in [0.29, 0.717) is 29.8 Å². The maximum atomic E-state index is 12.7. The van der Waals surface area contributed by atoms with E-state index in [2.05, 4.69) is 17.6 Å². The van der Waals surface area contributed by atoms with Crippen LogP contribution in [-0.2, 0) is 6.42 Å². The first-order chi connectivity index (χ1) is 15.0. The lowest BCUT2D eigenvalue weighted by Crippen LogP contribution is -2.25. The second-order valence-corrected chi connectivity index (χ2v) is 8.39. The molecule has 0 saturated heterocycles. The van der Waals surface area contributed by atoms with E-state index in [1.165, 1.54) is 11.3 Å². The minimum Gasteiger partial charge on any atom is -0.394 e. The van der Waals surface area contributed by atoms with Crippen LogP contribution in [0.3, 0.4) is 0 Å². The van der Waals surface area contributed by atoms with Gasteiger partial charge in [0.25, 0.3) is 11.8 Å². The van der Waals surface area contributed by atoms with Crippen LogP contribution in [0.2, 0.25) is 0 Å².